The lowest BCUT2D eigenvalue weighted by atomic mass is 10.1. The van der Waals surface area contributed by atoms with E-state index in [0.29, 0.717) is 5.69 Å². The minimum atomic E-state index is 0.662. The fourth-order valence-corrected chi connectivity index (χ4v) is 2.05. The molecule has 0 saturated carbocycles. The molecule has 2 aromatic carbocycles. The summed E-state index contributed by atoms with van der Waals surface area (Å²) < 4.78 is 0. The fraction of sp³-hybridized carbons (Fsp3) is 0.0588. The first kappa shape index (κ1) is 12.2. The van der Waals surface area contributed by atoms with Crippen LogP contribution in [0.1, 0.15) is 11.3 Å². The van der Waals surface area contributed by atoms with Crippen LogP contribution in [0.15, 0.2) is 54.6 Å². The summed E-state index contributed by atoms with van der Waals surface area (Å²) in [6.07, 6.45) is 0. The highest BCUT2D eigenvalue weighted by atomic mass is 15.1. The van der Waals surface area contributed by atoms with Crippen molar-refractivity contribution >= 4 is 16.6 Å². The minimum Gasteiger partial charge on any atom is -0.385 e. The Labute approximate surface area is 117 Å². The number of aromatic nitrogens is 2. The number of rotatable bonds is 1. The van der Waals surface area contributed by atoms with E-state index in [4.69, 9.17) is 0 Å². The summed E-state index contributed by atoms with van der Waals surface area (Å²) in [5.41, 5.74) is 3.40. The van der Waals surface area contributed by atoms with E-state index in [2.05, 4.69) is 27.4 Å². The second kappa shape index (κ2) is 5.41. The van der Waals surface area contributed by atoms with E-state index in [-0.39, 0.29) is 0 Å². The highest BCUT2D eigenvalue weighted by molar-refractivity contribution is 5.92. The molecule has 0 aliphatic rings. The molecule has 0 bridgehead atoms. The average Bonchev–Trinajstić information content (AvgIpc) is 2.53. The van der Waals surface area contributed by atoms with Crippen LogP contribution in [0.5, 0.6) is 0 Å². The molecule has 1 N–H and O–H groups in total. The Hall–Kier alpha value is -2.86. The molecule has 0 aliphatic heterocycles. The molecule has 3 nitrogen and oxygen atoms in total. The van der Waals surface area contributed by atoms with Gasteiger partial charge in [0.15, 0.2) is 5.69 Å². The van der Waals surface area contributed by atoms with Crippen molar-refractivity contribution in [3.8, 4) is 11.8 Å². The van der Waals surface area contributed by atoms with Crippen molar-refractivity contribution in [3.05, 3.63) is 65.9 Å². The smallest absolute Gasteiger partial charge is 0.160 e. The van der Waals surface area contributed by atoms with E-state index in [1.54, 1.807) is 0 Å². The van der Waals surface area contributed by atoms with Gasteiger partial charge >= 0.3 is 0 Å². The molecule has 0 amide bonds. The molecular formula is C17H13N3. The van der Waals surface area contributed by atoms with Crippen LogP contribution < -0.4 is 5.32 Å². The summed E-state index contributed by atoms with van der Waals surface area (Å²) in [6, 6.07) is 17.7. The van der Waals surface area contributed by atoms with Crippen LogP contribution in [0.2, 0.25) is 0 Å². The normalized spacial score (nSPS) is 9.85. The van der Waals surface area contributed by atoms with Crippen molar-refractivity contribution < 1.29 is 0 Å². The maximum atomic E-state index is 4.21. The molecule has 0 fully saturated rings. The molecule has 0 radical (unpaired) electrons. The van der Waals surface area contributed by atoms with E-state index in [1.165, 1.54) is 0 Å². The molecule has 3 rings (SSSR count). The zero-order valence-electron chi connectivity index (χ0n) is 11.1. The van der Waals surface area contributed by atoms with Crippen LogP contribution in [-0.4, -0.2) is 17.2 Å². The topological polar surface area (TPSA) is 37.8 Å². The van der Waals surface area contributed by atoms with Gasteiger partial charge in [0.2, 0.25) is 0 Å². The third-order valence-electron chi connectivity index (χ3n) is 3.02. The molecule has 1 aromatic heterocycles. The molecule has 0 unspecified atom stereocenters. The van der Waals surface area contributed by atoms with E-state index in [0.717, 1.165) is 22.2 Å². The van der Waals surface area contributed by atoms with Crippen molar-refractivity contribution in [3.63, 3.8) is 0 Å². The van der Waals surface area contributed by atoms with Crippen LogP contribution >= 0.6 is 0 Å². The van der Waals surface area contributed by atoms with Gasteiger partial charge in [-0.1, -0.05) is 42.3 Å². The Morgan fingerprint density at radius 1 is 0.850 bits per heavy atom. The maximum absolute atomic E-state index is 4.21. The van der Waals surface area contributed by atoms with Crippen LogP contribution in [0, 0.1) is 11.8 Å². The van der Waals surface area contributed by atoms with Gasteiger partial charge in [-0.3, -0.25) is 0 Å². The second-order valence-electron chi connectivity index (χ2n) is 4.31. The van der Waals surface area contributed by atoms with Crippen LogP contribution in [0.25, 0.3) is 10.9 Å². The van der Waals surface area contributed by atoms with Gasteiger partial charge in [-0.05, 0) is 24.1 Å². The molecule has 96 valence electrons. The maximum Gasteiger partial charge on any atom is 0.160 e. The van der Waals surface area contributed by atoms with E-state index in [1.807, 2.05) is 61.6 Å². The monoisotopic (exact) mass is 259 g/mol. The Bertz CT molecular complexity index is 799. The van der Waals surface area contributed by atoms with Gasteiger partial charge < -0.3 is 5.32 Å². The minimum absolute atomic E-state index is 0.662. The number of anilines is 1. The summed E-state index contributed by atoms with van der Waals surface area (Å²) in [6.45, 7) is 0. The lowest BCUT2D eigenvalue weighted by molar-refractivity contribution is 1.06. The van der Waals surface area contributed by atoms with Crippen LogP contribution in [0.4, 0.5) is 5.69 Å². The summed E-state index contributed by atoms with van der Waals surface area (Å²) >= 11 is 0. The summed E-state index contributed by atoms with van der Waals surface area (Å²) in [5, 5.41) is 12.6. The molecule has 20 heavy (non-hydrogen) atoms. The van der Waals surface area contributed by atoms with E-state index >= 15 is 0 Å². The number of hydrogen-bond acceptors (Lipinski definition) is 3. The Balaban J connectivity index is 2.11. The van der Waals surface area contributed by atoms with Crippen LogP contribution in [-0.2, 0) is 0 Å². The first-order valence-corrected chi connectivity index (χ1v) is 6.39. The summed E-state index contributed by atoms with van der Waals surface area (Å²) in [7, 11) is 1.87. The van der Waals surface area contributed by atoms with E-state index in [9.17, 15) is 0 Å². The van der Waals surface area contributed by atoms with Crippen molar-refractivity contribution in [2.45, 2.75) is 0 Å². The lowest BCUT2D eigenvalue weighted by Crippen LogP contribution is -1.99. The summed E-state index contributed by atoms with van der Waals surface area (Å²) in [4.78, 5) is 0. The summed E-state index contributed by atoms with van der Waals surface area (Å²) in [5.74, 6) is 6.19. The van der Waals surface area contributed by atoms with Gasteiger partial charge in [-0.25, -0.2) is 0 Å². The number of hydrogen-bond donors (Lipinski definition) is 1. The van der Waals surface area contributed by atoms with Gasteiger partial charge in [-0.15, -0.1) is 10.2 Å². The number of nitrogens with one attached hydrogen (secondary N) is 1. The molecule has 3 aromatic rings. The van der Waals surface area contributed by atoms with Gasteiger partial charge in [0.05, 0.1) is 11.2 Å². The third kappa shape index (κ3) is 2.32. The molecular weight excluding hydrogens is 246 g/mol. The number of fused-ring (bicyclic) bond motifs is 1. The average molecular weight is 259 g/mol. The zero-order valence-corrected chi connectivity index (χ0v) is 11.1. The first-order valence-electron chi connectivity index (χ1n) is 6.39. The fourth-order valence-electron chi connectivity index (χ4n) is 2.05. The third-order valence-corrected chi connectivity index (χ3v) is 3.02. The van der Waals surface area contributed by atoms with Crippen molar-refractivity contribution in [2.24, 2.45) is 0 Å². The molecule has 0 saturated heterocycles. The lowest BCUT2D eigenvalue weighted by Gasteiger charge is -2.06. The predicted molar refractivity (Wildman–Crippen MR) is 81.5 cm³/mol. The van der Waals surface area contributed by atoms with Crippen LogP contribution in [0.3, 0.4) is 0 Å². The molecule has 3 heteroatoms. The highest BCUT2D eigenvalue weighted by Crippen LogP contribution is 2.22. The highest BCUT2D eigenvalue weighted by Gasteiger charge is 2.06. The SMILES string of the molecule is CNc1c(C#Cc2ccccc2)nnc2ccccc12. The quantitative estimate of drug-likeness (QED) is 0.682. The van der Waals surface area contributed by atoms with Gasteiger partial charge in [-0.2, -0.15) is 0 Å². The molecule has 1 heterocycles. The molecule has 0 spiro atoms. The number of benzene rings is 2. The second-order valence-corrected chi connectivity index (χ2v) is 4.31. The largest absolute Gasteiger partial charge is 0.385 e. The first-order chi connectivity index (χ1) is 9.88. The Morgan fingerprint density at radius 3 is 2.40 bits per heavy atom. The van der Waals surface area contributed by atoms with E-state index < -0.39 is 0 Å². The molecule has 0 aliphatic carbocycles. The van der Waals surface area contributed by atoms with Gasteiger partial charge in [0.25, 0.3) is 0 Å². The number of nitrogens with zero attached hydrogens (tertiary/aromatic N) is 2. The molecule has 0 atom stereocenters. The Kier molecular flexibility index (Phi) is 3.30. The van der Waals surface area contributed by atoms with Gasteiger partial charge in [0, 0.05) is 18.0 Å². The van der Waals surface area contributed by atoms with Crippen molar-refractivity contribution in [2.75, 3.05) is 12.4 Å². The zero-order chi connectivity index (χ0) is 13.8. The van der Waals surface area contributed by atoms with Gasteiger partial charge in [0.1, 0.15) is 0 Å². The predicted octanol–water partition coefficient (Wildman–Crippen LogP) is 3.07. The van der Waals surface area contributed by atoms with Crippen molar-refractivity contribution in [1.82, 2.24) is 10.2 Å². The van der Waals surface area contributed by atoms with Crippen molar-refractivity contribution in [1.29, 1.82) is 0 Å². The Morgan fingerprint density at radius 2 is 1.60 bits per heavy atom. The standard InChI is InChI=1S/C17H13N3/c1-18-17-14-9-5-6-10-15(14)19-20-16(17)12-11-13-7-3-2-4-8-13/h2-10H,1H3,(H,18,19).